The first-order valence-electron chi connectivity index (χ1n) is 8.28. The number of rotatable bonds is 6. The number of carbonyl (C=O) groups is 2. The summed E-state index contributed by atoms with van der Waals surface area (Å²) in [7, 11) is 0. The number of aryl methyl sites for hydroxylation is 1. The molecule has 0 spiro atoms. The molecule has 2 rings (SSSR count). The summed E-state index contributed by atoms with van der Waals surface area (Å²) < 4.78 is 5.36. The van der Waals surface area contributed by atoms with E-state index in [1.54, 1.807) is 30.3 Å². The van der Waals surface area contributed by atoms with Crippen molar-refractivity contribution < 1.29 is 14.3 Å². The minimum Gasteiger partial charge on any atom is -0.490 e. The van der Waals surface area contributed by atoms with E-state index in [-0.39, 0.29) is 23.3 Å². The molecular weight excluding hydrogens is 362 g/mol. The standard InChI is InChI=1S/C20H21N3O3S/c1-3-12-26-17-10-8-15(9-11-17)19(25)22-23-20(27)21-18(24)13-16-7-5-4-6-14(16)2/h3-11H,1,12-13H2,2H3,(H,22,25)(H2,21,23,24,27). The summed E-state index contributed by atoms with van der Waals surface area (Å²) in [6, 6.07) is 14.2. The predicted molar refractivity (Wildman–Crippen MR) is 108 cm³/mol. The summed E-state index contributed by atoms with van der Waals surface area (Å²) in [6.07, 6.45) is 1.84. The molecule has 2 aromatic carbocycles. The first-order chi connectivity index (χ1) is 13.0. The highest BCUT2D eigenvalue weighted by Crippen LogP contribution is 2.12. The van der Waals surface area contributed by atoms with Crippen LogP contribution in [-0.2, 0) is 11.2 Å². The fraction of sp³-hybridized carbons (Fsp3) is 0.150. The quantitative estimate of drug-likeness (QED) is 0.406. The van der Waals surface area contributed by atoms with E-state index in [4.69, 9.17) is 17.0 Å². The van der Waals surface area contributed by atoms with Crippen LogP contribution in [0.2, 0.25) is 0 Å². The zero-order valence-corrected chi connectivity index (χ0v) is 15.8. The topological polar surface area (TPSA) is 79.5 Å². The number of hydrogen-bond donors (Lipinski definition) is 3. The van der Waals surface area contributed by atoms with E-state index in [9.17, 15) is 9.59 Å². The maximum Gasteiger partial charge on any atom is 0.269 e. The fourth-order valence-corrected chi connectivity index (χ4v) is 2.39. The van der Waals surface area contributed by atoms with Gasteiger partial charge in [-0.2, -0.15) is 0 Å². The highest BCUT2D eigenvalue weighted by molar-refractivity contribution is 7.80. The Morgan fingerprint density at radius 3 is 2.48 bits per heavy atom. The van der Waals surface area contributed by atoms with Crippen molar-refractivity contribution in [1.82, 2.24) is 16.2 Å². The number of amides is 2. The van der Waals surface area contributed by atoms with E-state index >= 15 is 0 Å². The molecule has 0 saturated heterocycles. The summed E-state index contributed by atoms with van der Waals surface area (Å²) in [4.78, 5) is 24.1. The summed E-state index contributed by atoms with van der Waals surface area (Å²) in [5.41, 5.74) is 7.32. The monoisotopic (exact) mass is 383 g/mol. The molecule has 0 heterocycles. The smallest absolute Gasteiger partial charge is 0.269 e. The third kappa shape index (κ3) is 6.56. The lowest BCUT2D eigenvalue weighted by Gasteiger charge is -2.12. The number of ether oxygens (including phenoxy) is 1. The van der Waals surface area contributed by atoms with Crippen molar-refractivity contribution in [1.29, 1.82) is 0 Å². The zero-order chi connectivity index (χ0) is 19.6. The van der Waals surface area contributed by atoms with Crippen LogP contribution in [0.15, 0.2) is 61.2 Å². The van der Waals surface area contributed by atoms with Gasteiger partial charge < -0.3 is 10.1 Å². The number of benzene rings is 2. The molecular formula is C20H21N3O3S. The third-order valence-electron chi connectivity index (χ3n) is 3.64. The van der Waals surface area contributed by atoms with Gasteiger partial charge in [0.2, 0.25) is 5.91 Å². The van der Waals surface area contributed by atoms with Crippen LogP contribution in [0.4, 0.5) is 0 Å². The molecule has 0 radical (unpaired) electrons. The van der Waals surface area contributed by atoms with E-state index in [1.165, 1.54) is 0 Å². The predicted octanol–water partition coefficient (Wildman–Crippen LogP) is 2.44. The first kappa shape index (κ1) is 20.1. The van der Waals surface area contributed by atoms with Gasteiger partial charge in [-0.1, -0.05) is 36.9 Å². The molecule has 27 heavy (non-hydrogen) atoms. The number of carbonyl (C=O) groups excluding carboxylic acids is 2. The summed E-state index contributed by atoms with van der Waals surface area (Å²) in [5, 5.41) is 2.55. The molecule has 0 fully saturated rings. The van der Waals surface area contributed by atoms with Crippen molar-refractivity contribution in [2.45, 2.75) is 13.3 Å². The summed E-state index contributed by atoms with van der Waals surface area (Å²) >= 11 is 5.03. The molecule has 0 bridgehead atoms. The highest BCUT2D eigenvalue weighted by Gasteiger charge is 2.09. The second-order valence-corrected chi connectivity index (χ2v) is 6.09. The normalized spacial score (nSPS) is 9.81. The van der Waals surface area contributed by atoms with Crippen molar-refractivity contribution in [3.8, 4) is 5.75 Å². The molecule has 0 aliphatic carbocycles. The van der Waals surface area contributed by atoms with Gasteiger partial charge in [-0.15, -0.1) is 0 Å². The van der Waals surface area contributed by atoms with E-state index in [2.05, 4.69) is 22.7 Å². The molecule has 2 aromatic rings. The second kappa shape index (κ2) is 10.1. The minimum atomic E-state index is -0.388. The molecule has 0 aliphatic rings. The van der Waals surface area contributed by atoms with Crippen molar-refractivity contribution >= 4 is 29.1 Å². The van der Waals surface area contributed by atoms with Gasteiger partial charge in [-0.25, -0.2) is 0 Å². The van der Waals surface area contributed by atoms with Gasteiger partial charge in [-0.3, -0.25) is 20.4 Å². The van der Waals surface area contributed by atoms with Crippen LogP contribution in [0.3, 0.4) is 0 Å². The number of nitrogens with one attached hydrogen (secondary N) is 3. The van der Waals surface area contributed by atoms with Gasteiger partial charge in [0, 0.05) is 5.56 Å². The average molecular weight is 383 g/mol. The lowest BCUT2D eigenvalue weighted by Crippen LogP contribution is -2.48. The number of thiocarbonyl (C=S) groups is 1. The van der Waals surface area contributed by atoms with E-state index in [1.807, 2.05) is 31.2 Å². The molecule has 140 valence electrons. The molecule has 2 amide bonds. The molecule has 0 unspecified atom stereocenters. The Labute approximate surface area is 163 Å². The molecule has 7 heteroatoms. The first-order valence-corrected chi connectivity index (χ1v) is 8.69. The van der Waals surface area contributed by atoms with Crippen molar-refractivity contribution in [3.63, 3.8) is 0 Å². The van der Waals surface area contributed by atoms with E-state index < -0.39 is 0 Å². The SMILES string of the molecule is C=CCOc1ccc(C(=O)NNC(=S)NC(=O)Cc2ccccc2C)cc1. The van der Waals surface area contributed by atoms with E-state index in [0.717, 1.165) is 11.1 Å². The van der Waals surface area contributed by atoms with Gasteiger partial charge in [0.05, 0.1) is 6.42 Å². The summed E-state index contributed by atoms with van der Waals surface area (Å²) in [6.45, 7) is 5.90. The fourth-order valence-electron chi connectivity index (χ4n) is 2.23. The van der Waals surface area contributed by atoms with E-state index in [0.29, 0.717) is 17.9 Å². The van der Waals surface area contributed by atoms with Crippen LogP contribution in [0.25, 0.3) is 0 Å². The maximum absolute atomic E-state index is 12.1. The Morgan fingerprint density at radius 2 is 1.81 bits per heavy atom. The van der Waals surface area contributed by atoms with Crippen molar-refractivity contribution in [2.75, 3.05) is 6.61 Å². The lowest BCUT2D eigenvalue weighted by molar-refractivity contribution is -0.119. The van der Waals surface area contributed by atoms with Gasteiger partial charge >= 0.3 is 0 Å². The molecule has 0 aromatic heterocycles. The minimum absolute atomic E-state index is 0.0212. The van der Waals surface area contributed by atoms with Gasteiger partial charge in [0.1, 0.15) is 12.4 Å². The summed E-state index contributed by atoms with van der Waals surface area (Å²) in [5.74, 6) is -0.0149. The van der Waals surface area contributed by atoms with Gasteiger partial charge in [0.25, 0.3) is 5.91 Å². The third-order valence-corrected chi connectivity index (χ3v) is 3.84. The Morgan fingerprint density at radius 1 is 1.11 bits per heavy atom. The Kier molecular flexibility index (Phi) is 7.51. The maximum atomic E-state index is 12.1. The average Bonchev–Trinajstić information content (AvgIpc) is 2.66. The second-order valence-electron chi connectivity index (χ2n) is 5.68. The molecule has 0 aliphatic heterocycles. The van der Waals surface area contributed by atoms with Crippen LogP contribution < -0.4 is 20.9 Å². The zero-order valence-electron chi connectivity index (χ0n) is 15.0. The number of hydrogen-bond acceptors (Lipinski definition) is 4. The molecule has 6 nitrogen and oxygen atoms in total. The van der Waals surface area contributed by atoms with Crippen molar-refractivity contribution in [3.05, 3.63) is 77.9 Å². The van der Waals surface area contributed by atoms with Gasteiger partial charge in [0.15, 0.2) is 5.11 Å². The molecule has 3 N–H and O–H groups in total. The Hall–Kier alpha value is -3.19. The van der Waals surface area contributed by atoms with Crippen LogP contribution in [0.1, 0.15) is 21.5 Å². The Balaban J connectivity index is 1.79. The largest absolute Gasteiger partial charge is 0.490 e. The van der Waals surface area contributed by atoms with Gasteiger partial charge in [-0.05, 0) is 54.5 Å². The molecule has 0 atom stereocenters. The van der Waals surface area contributed by atoms with Crippen LogP contribution in [-0.4, -0.2) is 23.5 Å². The highest BCUT2D eigenvalue weighted by atomic mass is 32.1. The Bertz CT molecular complexity index is 835. The van der Waals surface area contributed by atoms with Crippen LogP contribution >= 0.6 is 12.2 Å². The lowest BCUT2D eigenvalue weighted by atomic mass is 10.1. The van der Waals surface area contributed by atoms with Crippen molar-refractivity contribution in [2.24, 2.45) is 0 Å². The number of hydrazine groups is 1. The van der Waals surface area contributed by atoms with Crippen LogP contribution in [0, 0.1) is 6.92 Å². The molecule has 0 saturated carbocycles. The van der Waals surface area contributed by atoms with Crippen LogP contribution in [0.5, 0.6) is 5.75 Å².